The highest BCUT2D eigenvalue weighted by Gasteiger charge is 2.64. The van der Waals surface area contributed by atoms with Gasteiger partial charge in [-0.05, 0) is 24.5 Å². The average Bonchev–Trinajstić information content (AvgIpc) is 3.24. The van der Waals surface area contributed by atoms with Crippen molar-refractivity contribution in [2.75, 3.05) is 13.7 Å². The van der Waals surface area contributed by atoms with Crippen LogP contribution in [0.1, 0.15) is 45.6 Å². The largest absolute Gasteiger partial charge is 0.504 e. The Labute approximate surface area is 248 Å². The predicted molar refractivity (Wildman–Crippen MR) is 150 cm³/mol. The molecule has 1 aromatic carbocycles. The number of nitrogens with one attached hydrogen (secondary N) is 1. The van der Waals surface area contributed by atoms with Crippen molar-refractivity contribution in [1.29, 1.82) is 0 Å². The van der Waals surface area contributed by atoms with Crippen LogP contribution in [-0.2, 0) is 44.6 Å². The average molecular weight is 594 g/mol. The lowest BCUT2D eigenvalue weighted by Gasteiger charge is -2.53. The lowest BCUT2D eigenvalue weighted by Crippen LogP contribution is -2.57. The normalized spacial score (nSPS) is 31.7. The molecule has 1 aromatic rings. The molecular formula is C32H35NO10. The highest BCUT2D eigenvalue weighted by Crippen LogP contribution is 2.62. The van der Waals surface area contributed by atoms with E-state index in [9.17, 15) is 34.2 Å². The molecule has 1 heterocycles. The van der Waals surface area contributed by atoms with Gasteiger partial charge in [-0.15, -0.1) is 0 Å². The number of carbonyl (C=O) groups is 5. The van der Waals surface area contributed by atoms with Crippen molar-refractivity contribution >= 4 is 29.5 Å². The number of esters is 2. The summed E-state index contributed by atoms with van der Waals surface area (Å²) in [5, 5.41) is 24.2. The zero-order valence-electron chi connectivity index (χ0n) is 24.5. The molecule has 1 aliphatic heterocycles. The SMILES string of the molecule is COC[C@H]1OC(=O)/C(=C\N[C@@H](Cc2ccccc2)C(=O)O)C2=C(O)C(=O)C3=C([C@H](OC(C)=O)C[C@]4(C)C(=O)CC[C@@H]34)[C@]21C. The second kappa shape index (κ2) is 11.1. The molecule has 0 spiro atoms. The van der Waals surface area contributed by atoms with Gasteiger partial charge in [0.15, 0.2) is 5.76 Å². The number of cyclic esters (lactones) is 1. The van der Waals surface area contributed by atoms with Gasteiger partial charge in [-0.2, -0.15) is 0 Å². The first-order valence-corrected chi connectivity index (χ1v) is 14.2. The molecule has 1 saturated carbocycles. The van der Waals surface area contributed by atoms with Crippen LogP contribution in [0.25, 0.3) is 0 Å². The first-order valence-electron chi connectivity index (χ1n) is 14.2. The van der Waals surface area contributed by atoms with Crippen molar-refractivity contribution < 1.29 is 48.4 Å². The number of hydrogen-bond donors (Lipinski definition) is 3. The molecule has 3 aliphatic carbocycles. The molecule has 11 nitrogen and oxygen atoms in total. The van der Waals surface area contributed by atoms with Crippen LogP contribution in [0.5, 0.6) is 0 Å². The van der Waals surface area contributed by atoms with Gasteiger partial charge in [-0.1, -0.05) is 37.3 Å². The highest BCUT2D eigenvalue weighted by molar-refractivity contribution is 6.14. The van der Waals surface area contributed by atoms with Crippen LogP contribution in [0.3, 0.4) is 0 Å². The number of allylic oxidation sites excluding steroid dienone is 1. The van der Waals surface area contributed by atoms with E-state index < -0.39 is 64.4 Å². The second-order valence-electron chi connectivity index (χ2n) is 12.0. The number of aliphatic carboxylic acids is 1. The molecule has 0 unspecified atom stereocenters. The summed E-state index contributed by atoms with van der Waals surface area (Å²) in [4.78, 5) is 65.0. The van der Waals surface area contributed by atoms with E-state index in [1.54, 1.807) is 44.2 Å². The van der Waals surface area contributed by atoms with Crippen molar-refractivity contribution in [3.8, 4) is 0 Å². The molecule has 5 rings (SSSR count). The maximum atomic E-state index is 14.0. The maximum Gasteiger partial charge on any atom is 0.340 e. The zero-order valence-corrected chi connectivity index (χ0v) is 24.5. The molecule has 0 aromatic heterocycles. The van der Waals surface area contributed by atoms with Crippen LogP contribution in [0, 0.1) is 16.7 Å². The van der Waals surface area contributed by atoms with Crippen molar-refractivity contribution in [1.82, 2.24) is 5.32 Å². The first-order chi connectivity index (χ1) is 20.3. The van der Waals surface area contributed by atoms with E-state index >= 15 is 0 Å². The minimum atomic E-state index is -1.42. The van der Waals surface area contributed by atoms with E-state index in [0.29, 0.717) is 12.0 Å². The number of carbonyl (C=O) groups excluding carboxylic acids is 4. The number of ether oxygens (including phenoxy) is 3. The molecule has 228 valence electrons. The number of carboxylic acid groups (broad SMARTS) is 1. The number of methoxy groups -OCH3 is 1. The third-order valence-electron chi connectivity index (χ3n) is 9.43. The molecule has 2 fully saturated rings. The van der Waals surface area contributed by atoms with E-state index in [2.05, 4.69) is 5.32 Å². The number of aliphatic hydroxyl groups excluding tert-OH is 1. The third kappa shape index (κ3) is 4.85. The fraction of sp³-hybridized carbons (Fsp3) is 0.469. The molecule has 3 N–H and O–H groups in total. The molecule has 0 radical (unpaired) electrons. The van der Waals surface area contributed by atoms with E-state index in [1.807, 2.05) is 0 Å². The fourth-order valence-corrected chi connectivity index (χ4v) is 7.35. The van der Waals surface area contributed by atoms with E-state index in [4.69, 9.17) is 14.2 Å². The molecule has 1 saturated heterocycles. The van der Waals surface area contributed by atoms with Gasteiger partial charge < -0.3 is 29.7 Å². The Morgan fingerprint density at radius 2 is 1.88 bits per heavy atom. The minimum Gasteiger partial charge on any atom is -0.504 e. The van der Waals surface area contributed by atoms with Crippen LogP contribution >= 0.6 is 0 Å². The van der Waals surface area contributed by atoms with Gasteiger partial charge in [0.25, 0.3) is 0 Å². The summed E-state index contributed by atoms with van der Waals surface area (Å²) >= 11 is 0. The van der Waals surface area contributed by atoms with Gasteiger partial charge in [0.05, 0.1) is 17.6 Å². The summed E-state index contributed by atoms with van der Waals surface area (Å²) in [5.41, 5.74) is -1.43. The van der Waals surface area contributed by atoms with E-state index in [1.165, 1.54) is 14.0 Å². The van der Waals surface area contributed by atoms with Crippen molar-refractivity contribution in [3.05, 3.63) is 70.1 Å². The number of carboxylic acids is 1. The summed E-state index contributed by atoms with van der Waals surface area (Å²) in [6, 6.07) is 7.75. The Hall–Kier alpha value is -4.25. The Balaban J connectivity index is 1.66. The maximum absolute atomic E-state index is 14.0. The third-order valence-corrected chi connectivity index (χ3v) is 9.43. The molecule has 0 bridgehead atoms. The van der Waals surface area contributed by atoms with Crippen molar-refractivity contribution in [2.24, 2.45) is 16.7 Å². The number of fused-ring (bicyclic) bond motifs is 4. The number of rotatable bonds is 8. The van der Waals surface area contributed by atoms with Crippen LogP contribution in [0.4, 0.5) is 0 Å². The topological polar surface area (TPSA) is 166 Å². The lowest BCUT2D eigenvalue weighted by atomic mass is 9.53. The number of ketones is 2. The summed E-state index contributed by atoms with van der Waals surface area (Å²) in [6.45, 7) is 4.54. The number of hydrogen-bond acceptors (Lipinski definition) is 10. The van der Waals surface area contributed by atoms with Gasteiger partial charge in [-0.25, -0.2) is 9.59 Å². The summed E-state index contributed by atoms with van der Waals surface area (Å²) in [7, 11) is 1.41. The molecule has 4 aliphatic rings. The summed E-state index contributed by atoms with van der Waals surface area (Å²) in [5.74, 6) is -4.76. The van der Waals surface area contributed by atoms with Gasteiger partial charge in [0.1, 0.15) is 24.0 Å². The fourth-order valence-electron chi connectivity index (χ4n) is 7.35. The Kier molecular flexibility index (Phi) is 7.81. The smallest absolute Gasteiger partial charge is 0.340 e. The molecule has 43 heavy (non-hydrogen) atoms. The Bertz CT molecular complexity index is 1490. The van der Waals surface area contributed by atoms with Gasteiger partial charge in [0, 0.05) is 62.0 Å². The van der Waals surface area contributed by atoms with Crippen LogP contribution < -0.4 is 5.32 Å². The molecular weight excluding hydrogens is 558 g/mol. The number of Topliss-reactive ketones (excluding diaryl/α,β-unsaturated/α-hetero) is 2. The summed E-state index contributed by atoms with van der Waals surface area (Å²) < 4.78 is 17.0. The Morgan fingerprint density at radius 3 is 2.51 bits per heavy atom. The minimum absolute atomic E-state index is 0.0557. The monoisotopic (exact) mass is 593 g/mol. The van der Waals surface area contributed by atoms with Crippen LogP contribution in [0.15, 0.2) is 64.6 Å². The first kappa shape index (κ1) is 30.2. The van der Waals surface area contributed by atoms with Gasteiger partial charge >= 0.3 is 17.9 Å². The molecule has 0 amide bonds. The molecule has 11 heteroatoms. The van der Waals surface area contributed by atoms with E-state index in [-0.39, 0.29) is 48.4 Å². The predicted octanol–water partition coefficient (Wildman–Crippen LogP) is 2.75. The second-order valence-corrected chi connectivity index (χ2v) is 12.0. The van der Waals surface area contributed by atoms with Crippen molar-refractivity contribution in [2.45, 2.75) is 64.7 Å². The van der Waals surface area contributed by atoms with Gasteiger partial charge in [0.2, 0.25) is 5.78 Å². The molecule has 6 atom stereocenters. The number of benzene rings is 1. The Morgan fingerprint density at radius 1 is 1.19 bits per heavy atom. The van der Waals surface area contributed by atoms with Crippen LogP contribution in [-0.4, -0.2) is 71.7 Å². The zero-order chi connectivity index (χ0) is 31.3. The summed E-state index contributed by atoms with van der Waals surface area (Å²) in [6.07, 6.45) is -0.0997. The number of aliphatic hydroxyl groups is 1. The van der Waals surface area contributed by atoms with Gasteiger partial charge in [-0.3, -0.25) is 14.4 Å². The van der Waals surface area contributed by atoms with Crippen molar-refractivity contribution in [3.63, 3.8) is 0 Å². The quantitative estimate of drug-likeness (QED) is 0.300. The van der Waals surface area contributed by atoms with E-state index in [0.717, 1.165) is 11.8 Å². The highest BCUT2D eigenvalue weighted by atomic mass is 16.6. The standard InChI is InChI=1S/C32H35NO10/c1-16(34)42-21-13-31(2)19(10-11-22(31)35)24-26(21)32(3)23(15-41-4)43-30(40)18(25(32)28(37)27(24)36)14-33-20(29(38)39)12-17-8-6-5-7-9-17/h5-9,14,19-21,23,33,37H,10-13,15H2,1-4H3,(H,38,39)/b18-14-/t19-,20-,21+,23+,31-,32-/m0/s1. The lowest BCUT2D eigenvalue weighted by molar-refractivity contribution is -0.160. The van der Waals surface area contributed by atoms with Crippen LogP contribution in [0.2, 0.25) is 0 Å².